The topological polar surface area (TPSA) is 477 Å². The maximum absolute atomic E-state index is 13.7. The van der Waals surface area contributed by atoms with Crippen molar-refractivity contribution in [3.05, 3.63) is 94.6 Å². The van der Waals surface area contributed by atoms with E-state index >= 15 is 0 Å². The molecule has 1 aromatic heterocycles. The molecule has 0 unspecified atom stereocenters. The summed E-state index contributed by atoms with van der Waals surface area (Å²) >= 11 is 0. The number of carbonyl (C=O) groups is 6. The number of nitrogen functional groups attached to an aromatic ring is 1. The summed E-state index contributed by atoms with van der Waals surface area (Å²) in [6.45, 7) is 25.6. The minimum atomic E-state index is -1.80. The van der Waals surface area contributed by atoms with E-state index in [0.717, 1.165) is 67.8 Å². The van der Waals surface area contributed by atoms with Crippen LogP contribution >= 0.6 is 0 Å². The summed E-state index contributed by atoms with van der Waals surface area (Å²) in [5.41, 5.74) is 15.9. The molecule has 0 aliphatic rings. The molecule has 4 rings (SSSR count). The summed E-state index contributed by atoms with van der Waals surface area (Å²) in [7, 11) is 0. The Bertz CT molecular complexity index is 3810. The second kappa shape index (κ2) is 90.3. The number of esters is 1. The summed E-state index contributed by atoms with van der Waals surface area (Å²) in [6.07, 6.45) is 7.33. The summed E-state index contributed by atoms with van der Waals surface area (Å²) in [4.78, 5) is 80.8. The van der Waals surface area contributed by atoms with Crippen LogP contribution in [0.25, 0.3) is 10.9 Å². The number of anilines is 2. The van der Waals surface area contributed by atoms with Crippen LogP contribution in [0, 0.1) is 29.2 Å². The lowest BCUT2D eigenvalue weighted by Crippen LogP contribution is -2.54. The van der Waals surface area contributed by atoms with Crippen molar-refractivity contribution in [2.45, 2.75) is 117 Å². The number of benzene rings is 3. The SMILES string of the molecule is CCCCCc1cc2c(CCCCCNC(=O)OCc3ccc(NC(=O)[C@H](CCCNC(N)=O)NC(=O)[C@@H](NC(=O)CCOCCOCCOCCOCCOCCOCCOCCOCCOCCOCCOCCOCCOCCOCCOCCOCCOCCOCCOCCOCCOCCOCCOCCOCCOCCC(=O)Oc4c(F)c(F)cc(F)c4F)C(C)C)cc3)cccc2nc1N. The lowest BCUT2D eigenvalue weighted by molar-refractivity contribution is -0.136. The number of fused-ring (bicyclic) bond motifs is 1. The van der Waals surface area contributed by atoms with Crippen molar-refractivity contribution >= 4 is 58.2 Å². The molecule has 818 valence electrons. The number of hydrogen-bond donors (Lipinski definition) is 7. The van der Waals surface area contributed by atoms with E-state index in [2.05, 4.69) is 55.4 Å². The highest BCUT2D eigenvalue weighted by Crippen LogP contribution is 2.28. The van der Waals surface area contributed by atoms with Crippen molar-refractivity contribution in [2.24, 2.45) is 11.7 Å². The average molecular weight is 2050 g/mol. The number of primary amides is 1. The zero-order valence-electron chi connectivity index (χ0n) is 84.0. The van der Waals surface area contributed by atoms with Crippen molar-refractivity contribution in [1.82, 2.24) is 26.3 Å². The van der Waals surface area contributed by atoms with E-state index in [-0.39, 0.29) is 84.2 Å². The quantitative estimate of drug-likeness (QED) is 0.00736. The molecule has 6 amide bonds. The fourth-order valence-corrected chi connectivity index (χ4v) is 12.6. The molecular formula is C98H160F4N8O33. The molecule has 2 atom stereocenters. The number of nitrogens with two attached hydrogens (primary N) is 2. The monoisotopic (exact) mass is 2050 g/mol. The van der Waals surface area contributed by atoms with E-state index in [1.165, 1.54) is 5.56 Å². The van der Waals surface area contributed by atoms with Gasteiger partial charge in [0.15, 0.2) is 11.6 Å². The highest BCUT2D eigenvalue weighted by Gasteiger charge is 2.30. The smallest absolute Gasteiger partial charge is 0.407 e. The van der Waals surface area contributed by atoms with Gasteiger partial charge in [-0.15, -0.1) is 0 Å². The predicted octanol–water partition coefficient (Wildman–Crippen LogP) is 7.56. The molecule has 41 nitrogen and oxygen atoms in total. The number of nitrogens with zero attached hydrogens (tertiary/aromatic N) is 1. The van der Waals surface area contributed by atoms with Crippen molar-refractivity contribution in [2.75, 3.05) is 354 Å². The molecule has 0 radical (unpaired) electrons. The van der Waals surface area contributed by atoms with Crippen LogP contribution in [0.5, 0.6) is 5.75 Å². The van der Waals surface area contributed by atoms with Crippen LogP contribution in [0.3, 0.4) is 0 Å². The van der Waals surface area contributed by atoms with E-state index in [1.54, 1.807) is 38.1 Å². The number of aromatic nitrogens is 1. The summed E-state index contributed by atoms with van der Waals surface area (Å²) < 4.78 is 201. The number of urea groups is 1. The molecule has 45 heteroatoms. The maximum atomic E-state index is 13.7. The number of ether oxygens (including phenoxy) is 27. The maximum Gasteiger partial charge on any atom is 0.407 e. The molecule has 9 N–H and O–H groups in total. The largest absolute Gasteiger partial charge is 0.445 e. The third kappa shape index (κ3) is 70.5. The van der Waals surface area contributed by atoms with Gasteiger partial charge in [0.1, 0.15) is 24.5 Å². The Kier molecular flexibility index (Phi) is 80.4. The van der Waals surface area contributed by atoms with E-state index < -0.39 is 83.3 Å². The second-order valence-corrected chi connectivity index (χ2v) is 31.8. The predicted molar refractivity (Wildman–Crippen MR) is 517 cm³/mol. The Morgan fingerprint density at radius 1 is 0.371 bits per heavy atom. The van der Waals surface area contributed by atoms with Gasteiger partial charge in [-0.3, -0.25) is 19.2 Å². The van der Waals surface area contributed by atoms with Crippen molar-refractivity contribution in [3.63, 3.8) is 0 Å². The first-order valence-electron chi connectivity index (χ1n) is 49.5. The number of pyridine rings is 1. The molecule has 143 heavy (non-hydrogen) atoms. The van der Waals surface area contributed by atoms with Gasteiger partial charge in [-0.25, -0.2) is 23.4 Å². The van der Waals surface area contributed by atoms with Crippen molar-refractivity contribution in [1.29, 1.82) is 0 Å². The van der Waals surface area contributed by atoms with E-state index in [1.807, 2.05) is 12.1 Å². The molecular weight excluding hydrogens is 1890 g/mol. The number of aryl methyl sites for hydroxylation is 2. The van der Waals surface area contributed by atoms with Gasteiger partial charge in [0, 0.05) is 36.7 Å². The van der Waals surface area contributed by atoms with Gasteiger partial charge < -0.3 is 166 Å². The molecule has 0 aliphatic carbocycles. The number of carbonyl (C=O) groups excluding carboxylic acids is 6. The number of rotatable bonds is 101. The molecule has 0 bridgehead atoms. The number of unbranched alkanes of at least 4 members (excludes halogenated alkanes) is 4. The third-order valence-corrected chi connectivity index (χ3v) is 20.1. The van der Waals surface area contributed by atoms with Crippen LogP contribution in [0.15, 0.2) is 54.6 Å². The summed E-state index contributed by atoms with van der Waals surface area (Å²) in [5.74, 6) is -10.8. The Labute approximate surface area is 838 Å². The van der Waals surface area contributed by atoms with Gasteiger partial charge in [0.05, 0.1) is 342 Å². The van der Waals surface area contributed by atoms with Crippen LogP contribution in [0.1, 0.15) is 102 Å². The number of hydrogen-bond acceptors (Lipinski definition) is 35. The Morgan fingerprint density at radius 3 is 1.07 bits per heavy atom. The first kappa shape index (κ1) is 127. The van der Waals surface area contributed by atoms with Crippen molar-refractivity contribution in [3.8, 4) is 5.75 Å². The number of alkyl carbamates (subject to hydrolysis) is 1. The van der Waals surface area contributed by atoms with Gasteiger partial charge in [-0.1, -0.05) is 64.3 Å². The summed E-state index contributed by atoms with van der Waals surface area (Å²) in [6, 6.07) is 12.4. The van der Waals surface area contributed by atoms with E-state index in [9.17, 15) is 46.3 Å². The molecule has 1 heterocycles. The minimum absolute atomic E-state index is 0.00731. The van der Waals surface area contributed by atoms with Gasteiger partial charge in [0.2, 0.25) is 35.1 Å². The van der Waals surface area contributed by atoms with Gasteiger partial charge in [-0.2, -0.15) is 8.78 Å². The van der Waals surface area contributed by atoms with Crippen LogP contribution in [0.4, 0.5) is 38.7 Å². The molecule has 0 spiro atoms. The van der Waals surface area contributed by atoms with Crippen LogP contribution in [-0.2, 0) is 162 Å². The Balaban J connectivity index is 0.775. The number of halogens is 4. The molecule has 0 saturated heterocycles. The van der Waals surface area contributed by atoms with Crippen LogP contribution < -0.4 is 42.8 Å². The zero-order valence-corrected chi connectivity index (χ0v) is 84.0. The minimum Gasteiger partial charge on any atom is -0.445 e. The van der Waals surface area contributed by atoms with Gasteiger partial charge in [0.25, 0.3) is 0 Å². The lowest BCUT2D eigenvalue weighted by Gasteiger charge is -2.25. The fourth-order valence-electron chi connectivity index (χ4n) is 12.6. The number of nitrogens with one attached hydrogen (secondary N) is 5. The number of amides is 6. The highest BCUT2D eigenvalue weighted by molar-refractivity contribution is 5.98. The second-order valence-electron chi connectivity index (χ2n) is 31.8. The zero-order chi connectivity index (χ0) is 103. The fraction of sp³-hybridized carbons (Fsp3) is 0.724. The molecule has 0 saturated carbocycles. The average Bonchev–Trinajstić information content (AvgIpc) is 0.792. The van der Waals surface area contributed by atoms with Gasteiger partial charge >= 0.3 is 18.1 Å². The highest BCUT2D eigenvalue weighted by atomic mass is 19.2. The molecule has 0 aliphatic heterocycles. The Hall–Kier alpha value is -7.99. The molecule has 4 aromatic rings. The van der Waals surface area contributed by atoms with Crippen molar-refractivity contribution < 1.29 is 174 Å². The Morgan fingerprint density at radius 2 is 0.713 bits per heavy atom. The molecule has 0 fully saturated rings. The normalized spacial score (nSPS) is 12.0. The first-order valence-corrected chi connectivity index (χ1v) is 49.5. The van der Waals surface area contributed by atoms with Crippen LogP contribution in [0.2, 0.25) is 0 Å². The standard InChI is InChI=1S/C98H160F4N8O33/c1-4-5-7-13-81-75-83-80(14-10-15-86(83)108-94(81)103)12-8-6-9-23-106-98(116)142-77-79-17-19-82(20-18-79)107-95(113)87(16-11-24-105-97(104)115)109-96(114)92(78(2)3)110-88(111)21-25-117-27-29-119-31-33-121-35-37-123-39-41-125-43-45-127-47-49-129-51-53-131-55-57-133-59-61-135-63-65-137-67-69-139-71-73-141-74-72-140-70-68-138-66-64-136-62-60-134-58-56-132-54-52-130-50-48-128-46-44-126-42-40-124-38-36-122-34-32-120-30-28-118-26-22-89(112)143-93-90(101)84(99)76-85(100)91(93)102/h10,14-15,17-20,75-76,78,87,92H,4-9,11-13,16,21-74,77H2,1-3H3,(H2,103,108)(H,106,116)(H,107,113)(H,109,114)(H,110,111)(H3,104,105,115)/t87-,92-/m0/s1. The third-order valence-electron chi connectivity index (χ3n) is 20.1. The van der Waals surface area contributed by atoms with Crippen LogP contribution in [-0.4, -0.2) is 396 Å². The van der Waals surface area contributed by atoms with E-state index in [0.29, 0.717) is 314 Å². The first-order chi connectivity index (χ1) is 70.0. The molecule has 3 aromatic carbocycles. The summed E-state index contributed by atoms with van der Waals surface area (Å²) in [5, 5.41) is 14.8. The van der Waals surface area contributed by atoms with E-state index in [4.69, 9.17) is 135 Å². The lowest BCUT2D eigenvalue weighted by atomic mass is 9.99. The van der Waals surface area contributed by atoms with Gasteiger partial charge in [-0.05, 0) is 91.8 Å².